The van der Waals surface area contributed by atoms with Crippen LogP contribution in [0.3, 0.4) is 0 Å². The second kappa shape index (κ2) is 8.36. The second-order valence-corrected chi connectivity index (χ2v) is 6.94. The van der Waals surface area contributed by atoms with Crippen LogP contribution in [-0.4, -0.2) is 52.2 Å². The van der Waals surface area contributed by atoms with E-state index in [1.165, 1.54) is 0 Å². The van der Waals surface area contributed by atoms with E-state index in [2.05, 4.69) is 5.32 Å². The first kappa shape index (κ1) is 17.1. The van der Waals surface area contributed by atoms with E-state index in [0.717, 1.165) is 11.1 Å². The number of ether oxygens (including phenoxy) is 1. The molecule has 0 aliphatic rings. The molecule has 5 nitrogen and oxygen atoms in total. The third-order valence-corrected chi connectivity index (χ3v) is 4.59. The molecule has 1 rings (SSSR count). The summed E-state index contributed by atoms with van der Waals surface area (Å²) in [5.74, 6) is -0.268. The van der Waals surface area contributed by atoms with E-state index in [0.29, 0.717) is 13.2 Å². The van der Waals surface area contributed by atoms with Crippen LogP contribution >= 0.6 is 0 Å². The first-order chi connectivity index (χ1) is 9.44. The molecule has 2 N–H and O–H groups in total. The molecule has 0 aliphatic heterocycles. The molecule has 20 heavy (non-hydrogen) atoms. The minimum Gasteiger partial charge on any atom is -0.391 e. The van der Waals surface area contributed by atoms with Crippen LogP contribution in [0.2, 0.25) is 0 Å². The van der Waals surface area contributed by atoms with Crippen LogP contribution in [-0.2, 0) is 20.3 Å². The van der Waals surface area contributed by atoms with Gasteiger partial charge in [0.05, 0.1) is 24.2 Å². The zero-order chi connectivity index (χ0) is 15.0. The molecule has 0 saturated carbocycles. The normalized spacial score (nSPS) is 13.3. The average Bonchev–Trinajstić information content (AvgIpc) is 2.36. The number of sulfone groups is 1. The SMILES string of the molecule is COCCNCC(O)CS(=O)(=O)Cc1ccccc1C. The number of aliphatic hydroxyl groups is 1. The number of aliphatic hydroxyl groups excluding tert-OH is 1. The molecule has 0 heterocycles. The maximum atomic E-state index is 12.0. The molecule has 0 aliphatic carbocycles. The fourth-order valence-electron chi connectivity index (χ4n) is 1.86. The highest BCUT2D eigenvalue weighted by Gasteiger charge is 2.18. The van der Waals surface area contributed by atoms with Crippen molar-refractivity contribution in [3.05, 3.63) is 35.4 Å². The molecule has 1 aromatic carbocycles. The summed E-state index contributed by atoms with van der Waals surface area (Å²) < 4.78 is 28.9. The highest BCUT2D eigenvalue weighted by Crippen LogP contribution is 2.12. The van der Waals surface area contributed by atoms with Gasteiger partial charge in [0, 0.05) is 20.2 Å². The molecule has 0 radical (unpaired) electrons. The number of methoxy groups -OCH3 is 1. The van der Waals surface area contributed by atoms with Gasteiger partial charge < -0.3 is 15.2 Å². The maximum absolute atomic E-state index is 12.0. The first-order valence-corrected chi connectivity index (χ1v) is 8.39. The van der Waals surface area contributed by atoms with Crippen molar-refractivity contribution in [3.63, 3.8) is 0 Å². The van der Waals surface area contributed by atoms with Gasteiger partial charge in [-0.15, -0.1) is 0 Å². The van der Waals surface area contributed by atoms with Gasteiger partial charge in [-0.25, -0.2) is 8.42 Å². The fourth-order valence-corrected chi connectivity index (χ4v) is 3.48. The van der Waals surface area contributed by atoms with Gasteiger partial charge in [-0.3, -0.25) is 0 Å². The Hall–Kier alpha value is -0.950. The maximum Gasteiger partial charge on any atom is 0.157 e. The Morgan fingerprint density at radius 1 is 1.35 bits per heavy atom. The average molecular weight is 301 g/mol. The van der Waals surface area contributed by atoms with Crippen molar-refractivity contribution in [1.82, 2.24) is 5.32 Å². The molecule has 0 bridgehead atoms. The van der Waals surface area contributed by atoms with Gasteiger partial charge in [0.15, 0.2) is 9.84 Å². The molecule has 0 amide bonds. The van der Waals surface area contributed by atoms with Crippen molar-refractivity contribution in [2.45, 2.75) is 18.8 Å². The minimum absolute atomic E-state index is 0.0329. The van der Waals surface area contributed by atoms with Crippen molar-refractivity contribution in [2.75, 3.05) is 32.6 Å². The zero-order valence-electron chi connectivity index (χ0n) is 12.0. The molecule has 0 aromatic heterocycles. The number of nitrogens with one attached hydrogen (secondary N) is 1. The molecule has 1 atom stereocenters. The van der Waals surface area contributed by atoms with Crippen LogP contribution in [0.1, 0.15) is 11.1 Å². The summed E-state index contributed by atoms with van der Waals surface area (Å²) in [7, 11) is -1.73. The second-order valence-electron chi connectivity index (χ2n) is 4.83. The van der Waals surface area contributed by atoms with Crippen LogP contribution in [0, 0.1) is 6.92 Å². The summed E-state index contributed by atoms with van der Waals surface area (Å²) in [6.45, 7) is 3.25. The Bertz CT molecular complexity index is 502. The summed E-state index contributed by atoms with van der Waals surface area (Å²) >= 11 is 0. The van der Waals surface area contributed by atoms with Crippen LogP contribution in [0.15, 0.2) is 24.3 Å². The standard InChI is InChI=1S/C14H23NO4S/c1-12-5-3-4-6-13(12)10-20(17,18)11-14(16)9-15-7-8-19-2/h3-6,14-16H,7-11H2,1-2H3. The summed E-state index contributed by atoms with van der Waals surface area (Å²) in [6, 6.07) is 7.38. The van der Waals surface area contributed by atoms with E-state index < -0.39 is 15.9 Å². The minimum atomic E-state index is -3.32. The van der Waals surface area contributed by atoms with Crippen LogP contribution in [0.25, 0.3) is 0 Å². The lowest BCUT2D eigenvalue weighted by Gasteiger charge is -2.13. The third-order valence-electron chi connectivity index (χ3n) is 2.95. The van der Waals surface area contributed by atoms with Crippen molar-refractivity contribution >= 4 is 9.84 Å². The van der Waals surface area contributed by atoms with E-state index in [4.69, 9.17) is 4.74 Å². The predicted molar refractivity (Wildman–Crippen MR) is 79.4 cm³/mol. The molecular formula is C14H23NO4S. The highest BCUT2D eigenvalue weighted by atomic mass is 32.2. The van der Waals surface area contributed by atoms with Gasteiger partial charge in [0.2, 0.25) is 0 Å². The van der Waals surface area contributed by atoms with Gasteiger partial charge >= 0.3 is 0 Å². The lowest BCUT2D eigenvalue weighted by atomic mass is 10.1. The van der Waals surface area contributed by atoms with Crippen molar-refractivity contribution in [3.8, 4) is 0 Å². The van der Waals surface area contributed by atoms with Crippen molar-refractivity contribution in [1.29, 1.82) is 0 Å². The fraction of sp³-hybridized carbons (Fsp3) is 0.571. The Balaban J connectivity index is 2.47. The van der Waals surface area contributed by atoms with E-state index in [-0.39, 0.29) is 18.1 Å². The predicted octanol–water partition coefficient (Wildman–Crippen LogP) is 0.507. The quantitative estimate of drug-likeness (QED) is 0.650. The lowest BCUT2D eigenvalue weighted by Crippen LogP contribution is -2.34. The zero-order valence-corrected chi connectivity index (χ0v) is 12.8. The highest BCUT2D eigenvalue weighted by molar-refractivity contribution is 7.90. The first-order valence-electron chi connectivity index (χ1n) is 6.57. The monoisotopic (exact) mass is 301 g/mol. The molecule has 114 valence electrons. The van der Waals surface area contributed by atoms with Gasteiger partial charge in [-0.2, -0.15) is 0 Å². The molecule has 1 aromatic rings. The van der Waals surface area contributed by atoms with E-state index in [1.54, 1.807) is 13.2 Å². The van der Waals surface area contributed by atoms with E-state index in [1.807, 2.05) is 25.1 Å². The number of aryl methyl sites for hydroxylation is 1. The van der Waals surface area contributed by atoms with E-state index in [9.17, 15) is 13.5 Å². The Morgan fingerprint density at radius 2 is 2.05 bits per heavy atom. The summed E-state index contributed by atoms with van der Waals surface area (Å²) in [5.41, 5.74) is 1.73. The molecule has 6 heteroatoms. The summed E-state index contributed by atoms with van der Waals surface area (Å²) in [5, 5.41) is 12.7. The number of hydrogen-bond acceptors (Lipinski definition) is 5. The number of rotatable bonds is 9. The largest absolute Gasteiger partial charge is 0.391 e. The molecule has 0 spiro atoms. The number of benzene rings is 1. The topological polar surface area (TPSA) is 75.6 Å². The van der Waals surface area contributed by atoms with Crippen molar-refractivity contribution < 1.29 is 18.3 Å². The van der Waals surface area contributed by atoms with Crippen LogP contribution in [0.4, 0.5) is 0 Å². The smallest absolute Gasteiger partial charge is 0.157 e. The van der Waals surface area contributed by atoms with Crippen LogP contribution < -0.4 is 5.32 Å². The van der Waals surface area contributed by atoms with Gasteiger partial charge in [-0.05, 0) is 18.1 Å². The Labute approximate surface area is 120 Å². The molecule has 0 saturated heterocycles. The van der Waals surface area contributed by atoms with Crippen LogP contribution in [0.5, 0.6) is 0 Å². The van der Waals surface area contributed by atoms with Gasteiger partial charge in [0.25, 0.3) is 0 Å². The summed E-state index contributed by atoms with van der Waals surface area (Å²) in [4.78, 5) is 0. The third kappa shape index (κ3) is 6.47. The van der Waals surface area contributed by atoms with E-state index >= 15 is 0 Å². The van der Waals surface area contributed by atoms with Gasteiger partial charge in [0.1, 0.15) is 0 Å². The molecule has 1 unspecified atom stereocenters. The summed E-state index contributed by atoms with van der Waals surface area (Å²) in [6.07, 6.45) is -0.902. The van der Waals surface area contributed by atoms with Crippen molar-refractivity contribution in [2.24, 2.45) is 0 Å². The Kier molecular flexibility index (Phi) is 7.15. The molecular weight excluding hydrogens is 278 g/mol. The Morgan fingerprint density at radius 3 is 2.70 bits per heavy atom. The number of hydrogen-bond donors (Lipinski definition) is 2. The molecule has 0 fully saturated rings. The lowest BCUT2D eigenvalue weighted by molar-refractivity contribution is 0.174. The van der Waals surface area contributed by atoms with Gasteiger partial charge in [-0.1, -0.05) is 24.3 Å².